The lowest BCUT2D eigenvalue weighted by atomic mass is 10.3. The van der Waals surface area contributed by atoms with Crippen LogP contribution >= 0.6 is 0 Å². The van der Waals surface area contributed by atoms with Gasteiger partial charge in [0.1, 0.15) is 5.78 Å². The average Bonchev–Trinajstić information content (AvgIpc) is 2.14. The molecule has 0 amide bonds. The smallest absolute Gasteiger partial charge is 0.147 e. The standard InChI is InChI=1S/C8H14NO2/c1-8(10)7-9-3-2-5-11-6-4-9/h1-7H2. The molecule has 11 heavy (non-hydrogen) atoms. The van der Waals surface area contributed by atoms with Crippen molar-refractivity contribution in [1.82, 2.24) is 4.90 Å². The molecule has 0 aromatic heterocycles. The van der Waals surface area contributed by atoms with Crippen LogP contribution in [0.3, 0.4) is 0 Å². The maximum atomic E-state index is 10.6. The van der Waals surface area contributed by atoms with Crippen molar-refractivity contribution in [1.29, 1.82) is 0 Å². The number of ketones is 1. The third kappa shape index (κ3) is 3.49. The van der Waals surface area contributed by atoms with Gasteiger partial charge in [0.15, 0.2) is 0 Å². The number of hydrogen-bond acceptors (Lipinski definition) is 3. The first-order valence-corrected chi connectivity index (χ1v) is 3.94. The monoisotopic (exact) mass is 156 g/mol. The van der Waals surface area contributed by atoms with Crippen molar-refractivity contribution < 1.29 is 9.53 Å². The summed E-state index contributed by atoms with van der Waals surface area (Å²) in [4.78, 5) is 12.7. The van der Waals surface area contributed by atoms with E-state index in [4.69, 9.17) is 4.74 Å². The van der Waals surface area contributed by atoms with Gasteiger partial charge in [0.05, 0.1) is 13.2 Å². The lowest BCUT2D eigenvalue weighted by Crippen LogP contribution is -2.31. The van der Waals surface area contributed by atoms with E-state index >= 15 is 0 Å². The van der Waals surface area contributed by atoms with E-state index in [9.17, 15) is 4.79 Å². The quantitative estimate of drug-likeness (QED) is 0.568. The number of hydrogen-bond donors (Lipinski definition) is 0. The Bertz CT molecular complexity index is 128. The van der Waals surface area contributed by atoms with E-state index in [1.54, 1.807) is 0 Å². The molecule has 3 heteroatoms. The fraction of sp³-hybridized carbons (Fsp3) is 0.750. The van der Waals surface area contributed by atoms with Crippen LogP contribution in [0.4, 0.5) is 0 Å². The summed E-state index contributed by atoms with van der Waals surface area (Å²) < 4.78 is 5.23. The Kier molecular flexibility index (Phi) is 3.52. The molecule has 1 heterocycles. The first-order valence-electron chi connectivity index (χ1n) is 3.94. The van der Waals surface area contributed by atoms with Gasteiger partial charge in [-0.3, -0.25) is 9.69 Å². The molecule has 1 radical (unpaired) electrons. The molecule has 1 aliphatic heterocycles. The van der Waals surface area contributed by atoms with Crippen LogP contribution in [0.5, 0.6) is 0 Å². The molecule has 0 aromatic carbocycles. The largest absolute Gasteiger partial charge is 0.380 e. The van der Waals surface area contributed by atoms with Crippen LogP contribution < -0.4 is 0 Å². The Morgan fingerprint density at radius 3 is 3.00 bits per heavy atom. The Morgan fingerprint density at radius 1 is 1.45 bits per heavy atom. The van der Waals surface area contributed by atoms with Crippen LogP contribution in [-0.4, -0.2) is 43.5 Å². The lowest BCUT2D eigenvalue weighted by molar-refractivity contribution is -0.115. The minimum absolute atomic E-state index is 0.00750. The summed E-state index contributed by atoms with van der Waals surface area (Å²) in [5, 5.41) is 0. The molecule has 0 saturated carbocycles. The van der Waals surface area contributed by atoms with Gasteiger partial charge in [0.25, 0.3) is 0 Å². The van der Waals surface area contributed by atoms with Gasteiger partial charge in [0, 0.05) is 26.6 Å². The molecule has 0 aliphatic carbocycles. The molecule has 0 bridgehead atoms. The summed E-state index contributed by atoms with van der Waals surface area (Å²) in [6.07, 6.45) is 1.02. The van der Waals surface area contributed by atoms with E-state index in [0.29, 0.717) is 6.54 Å². The molecule has 0 spiro atoms. The minimum Gasteiger partial charge on any atom is -0.380 e. The molecular formula is C8H14NO2. The van der Waals surface area contributed by atoms with Crippen LogP contribution in [0.2, 0.25) is 0 Å². The van der Waals surface area contributed by atoms with Gasteiger partial charge in [-0.2, -0.15) is 0 Å². The molecule has 0 unspecified atom stereocenters. The molecule has 0 N–H and O–H groups in total. The lowest BCUT2D eigenvalue weighted by Gasteiger charge is -2.16. The first-order chi connectivity index (χ1) is 5.29. The van der Waals surface area contributed by atoms with Crippen molar-refractivity contribution in [2.45, 2.75) is 6.42 Å². The fourth-order valence-electron chi connectivity index (χ4n) is 1.21. The van der Waals surface area contributed by atoms with Crippen molar-refractivity contribution in [3.8, 4) is 0 Å². The number of nitrogens with zero attached hydrogens (tertiary/aromatic N) is 1. The summed E-state index contributed by atoms with van der Waals surface area (Å²) in [6, 6.07) is 0. The van der Waals surface area contributed by atoms with Crippen LogP contribution in [0.15, 0.2) is 0 Å². The van der Waals surface area contributed by atoms with Crippen LogP contribution in [0, 0.1) is 6.92 Å². The van der Waals surface area contributed by atoms with Gasteiger partial charge in [0.2, 0.25) is 0 Å². The van der Waals surface area contributed by atoms with Crippen molar-refractivity contribution in [2.75, 3.05) is 32.8 Å². The minimum atomic E-state index is -0.00750. The molecule has 63 valence electrons. The van der Waals surface area contributed by atoms with Crippen LogP contribution in [0.1, 0.15) is 6.42 Å². The molecule has 0 aromatic rings. The molecule has 0 atom stereocenters. The zero-order chi connectivity index (χ0) is 8.10. The van der Waals surface area contributed by atoms with E-state index in [0.717, 1.165) is 32.7 Å². The Morgan fingerprint density at radius 2 is 2.27 bits per heavy atom. The van der Waals surface area contributed by atoms with E-state index in [2.05, 4.69) is 11.8 Å². The summed E-state index contributed by atoms with van der Waals surface area (Å²) in [5.41, 5.74) is 0. The molecule has 1 saturated heterocycles. The highest BCUT2D eigenvalue weighted by Crippen LogP contribution is 1.97. The highest BCUT2D eigenvalue weighted by molar-refractivity contribution is 5.84. The van der Waals surface area contributed by atoms with Crippen LogP contribution in [-0.2, 0) is 9.53 Å². The zero-order valence-electron chi connectivity index (χ0n) is 6.71. The van der Waals surface area contributed by atoms with Gasteiger partial charge < -0.3 is 4.74 Å². The number of ether oxygens (including phenoxy) is 1. The van der Waals surface area contributed by atoms with Gasteiger partial charge in [-0.05, 0) is 6.42 Å². The van der Waals surface area contributed by atoms with Crippen LogP contribution in [0.25, 0.3) is 0 Å². The normalized spacial score (nSPS) is 21.2. The number of carbonyl (C=O) groups is 1. The molecule has 1 rings (SSSR count). The third-order valence-corrected chi connectivity index (χ3v) is 1.71. The van der Waals surface area contributed by atoms with Crippen molar-refractivity contribution in [3.63, 3.8) is 0 Å². The number of carbonyl (C=O) groups excluding carboxylic acids is 1. The van der Waals surface area contributed by atoms with Gasteiger partial charge >= 0.3 is 0 Å². The van der Waals surface area contributed by atoms with Gasteiger partial charge in [-0.1, -0.05) is 0 Å². The zero-order valence-corrected chi connectivity index (χ0v) is 6.71. The maximum absolute atomic E-state index is 10.6. The van der Waals surface area contributed by atoms with Crippen molar-refractivity contribution in [2.24, 2.45) is 0 Å². The summed E-state index contributed by atoms with van der Waals surface area (Å²) in [5.74, 6) is -0.00750. The van der Waals surface area contributed by atoms with E-state index < -0.39 is 0 Å². The average molecular weight is 156 g/mol. The second kappa shape index (κ2) is 4.46. The molecular weight excluding hydrogens is 142 g/mol. The Hall–Kier alpha value is -0.410. The molecule has 1 aliphatic rings. The first kappa shape index (κ1) is 8.68. The van der Waals surface area contributed by atoms with Crippen molar-refractivity contribution >= 4 is 5.78 Å². The number of Topliss-reactive ketones (excluding diaryl/α,β-unsaturated/α-hetero) is 1. The predicted molar refractivity (Wildman–Crippen MR) is 42.2 cm³/mol. The molecule has 3 nitrogen and oxygen atoms in total. The summed E-state index contributed by atoms with van der Waals surface area (Å²) in [7, 11) is 0. The summed E-state index contributed by atoms with van der Waals surface area (Å²) in [6.45, 7) is 7.20. The Labute approximate surface area is 67.3 Å². The van der Waals surface area contributed by atoms with Gasteiger partial charge in [-0.15, -0.1) is 0 Å². The molecule has 1 fully saturated rings. The number of rotatable bonds is 2. The van der Waals surface area contributed by atoms with E-state index in [1.807, 2.05) is 0 Å². The maximum Gasteiger partial charge on any atom is 0.147 e. The topological polar surface area (TPSA) is 29.5 Å². The van der Waals surface area contributed by atoms with E-state index in [-0.39, 0.29) is 5.78 Å². The third-order valence-electron chi connectivity index (χ3n) is 1.71. The predicted octanol–water partition coefficient (Wildman–Crippen LogP) is 0.112. The highest BCUT2D eigenvalue weighted by Gasteiger charge is 2.09. The summed E-state index contributed by atoms with van der Waals surface area (Å²) >= 11 is 0. The Balaban J connectivity index is 2.25. The van der Waals surface area contributed by atoms with Gasteiger partial charge in [-0.25, -0.2) is 0 Å². The second-order valence-corrected chi connectivity index (χ2v) is 2.78. The van der Waals surface area contributed by atoms with E-state index in [1.165, 1.54) is 0 Å². The second-order valence-electron chi connectivity index (χ2n) is 2.78. The van der Waals surface area contributed by atoms with Crippen molar-refractivity contribution in [3.05, 3.63) is 6.92 Å². The SMILES string of the molecule is [CH2]C(=O)CN1CCCOCC1. The highest BCUT2D eigenvalue weighted by atomic mass is 16.5. The fourth-order valence-corrected chi connectivity index (χ4v) is 1.21.